The minimum Gasteiger partial charge on any atom is -0.293 e. The Kier molecular flexibility index (Phi) is 6.43. The lowest BCUT2D eigenvalue weighted by Crippen LogP contribution is -2.11. The van der Waals surface area contributed by atoms with Crippen LogP contribution >= 0.6 is 24.8 Å². The first-order chi connectivity index (χ1) is 3.84. The molecule has 0 unspecified atom stereocenters. The summed E-state index contributed by atoms with van der Waals surface area (Å²) >= 11 is 0. The second-order valence-corrected chi connectivity index (χ2v) is 1.35. The van der Waals surface area contributed by atoms with Crippen LogP contribution in [0.15, 0.2) is 6.33 Å². The highest BCUT2D eigenvalue weighted by molar-refractivity contribution is 5.85. The molecule has 7 heteroatoms. The Hall–Kier alpha value is -0.520. The highest BCUT2D eigenvalue weighted by Gasteiger charge is 1.91. The summed E-state index contributed by atoms with van der Waals surface area (Å²) in [5.41, 5.74) is 2.36. The number of rotatable bonds is 1. The van der Waals surface area contributed by atoms with Crippen LogP contribution in [-0.2, 0) is 7.05 Å². The summed E-state index contributed by atoms with van der Waals surface area (Å²) in [4.78, 5) is 3.75. The van der Waals surface area contributed by atoms with Gasteiger partial charge in [0.05, 0.1) is 0 Å². The first-order valence-corrected chi connectivity index (χ1v) is 2.15. The predicted molar refractivity (Wildman–Crippen MR) is 43.3 cm³/mol. The number of nitrogens with zero attached hydrogens (tertiary/aromatic N) is 3. The molecule has 60 valence electrons. The van der Waals surface area contributed by atoms with E-state index in [-0.39, 0.29) is 24.8 Å². The Morgan fingerprint density at radius 3 is 2.40 bits per heavy atom. The summed E-state index contributed by atoms with van der Waals surface area (Å²) in [7, 11) is 1.75. The van der Waals surface area contributed by atoms with Gasteiger partial charge >= 0.3 is 0 Å². The van der Waals surface area contributed by atoms with Gasteiger partial charge in [-0.2, -0.15) is 10.1 Å². The summed E-state index contributed by atoms with van der Waals surface area (Å²) in [6, 6.07) is 0. The fourth-order valence-corrected chi connectivity index (χ4v) is 0.427. The standard InChI is InChI=1S/C3H7N5.2ClH/c1-8-3(7-4)5-2-6-8;;/h2H,4H2,1H3,(H,5,6,7);2*1H. The van der Waals surface area contributed by atoms with Gasteiger partial charge in [0, 0.05) is 7.05 Å². The third kappa shape index (κ3) is 2.38. The number of hydrogen-bond acceptors (Lipinski definition) is 4. The second-order valence-electron chi connectivity index (χ2n) is 1.35. The van der Waals surface area contributed by atoms with Gasteiger partial charge in [-0.05, 0) is 0 Å². The molecule has 0 radical (unpaired) electrons. The molecule has 0 aliphatic heterocycles. The zero-order valence-corrected chi connectivity index (χ0v) is 6.95. The molecule has 0 amide bonds. The maximum absolute atomic E-state index is 5.02. The minimum atomic E-state index is 0. The van der Waals surface area contributed by atoms with Crippen LogP contribution in [0.3, 0.4) is 0 Å². The number of nitrogens with two attached hydrogens (primary N) is 1. The molecular weight excluding hydrogens is 177 g/mol. The van der Waals surface area contributed by atoms with Gasteiger partial charge in [-0.3, -0.25) is 5.43 Å². The molecule has 0 bridgehead atoms. The van der Waals surface area contributed by atoms with Crippen LogP contribution in [0.4, 0.5) is 5.95 Å². The minimum absolute atomic E-state index is 0. The quantitative estimate of drug-likeness (QED) is 0.476. The number of hydrazine groups is 1. The molecule has 1 rings (SSSR count). The topological polar surface area (TPSA) is 68.8 Å². The molecule has 0 aliphatic carbocycles. The van der Waals surface area contributed by atoms with Crippen molar-refractivity contribution < 1.29 is 0 Å². The summed E-state index contributed by atoms with van der Waals surface area (Å²) in [6.45, 7) is 0. The third-order valence-corrected chi connectivity index (χ3v) is 0.840. The Morgan fingerprint density at radius 1 is 1.60 bits per heavy atom. The second kappa shape index (κ2) is 5.28. The first-order valence-electron chi connectivity index (χ1n) is 2.15. The lowest BCUT2D eigenvalue weighted by molar-refractivity contribution is 0.770. The molecule has 0 spiro atoms. The number of nitrogens with one attached hydrogen (secondary N) is 1. The summed E-state index contributed by atoms with van der Waals surface area (Å²) in [6.07, 6.45) is 1.43. The van der Waals surface area contributed by atoms with Crippen molar-refractivity contribution in [2.75, 3.05) is 5.43 Å². The van der Waals surface area contributed by atoms with Gasteiger partial charge in [-0.25, -0.2) is 10.5 Å². The maximum Gasteiger partial charge on any atom is 0.235 e. The van der Waals surface area contributed by atoms with E-state index in [1.165, 1.54) is 6.33 Å². The van der Waals surface area contributed by atoms with Crippen LogP contribution in [0.25, 0.3) is 0 Å². The molecule has 10 heavy (non-hydrogen) atoms. The van der Waals surface area contributed by atoms with Crippen LogP contribution in [0.2, 0.25) is 0 Å². The van der Waals surface area contributed by atoms with Crippen LogP contribution in [-0.4, -0.2) is 14.8 Å². The van der Waals surface area contributed by atoms with Crippen LogP contribution in [0, 0.1) is 0 Å². The van der Waals surface area contributed by atoms with Crippen molar-refractivity contribution in [3.63, 3.8) is 0 Å². The Balaban J connectivity index is 0. The first kappa shape index (κ1) is 12.2. The lowest BCUT2D eigenvalue weighted by atomic mass is 11.0. The van der Waals surface area contributed by atoms with Crippen LogP contribution in [0.1, 0.15) is 0 Å². The van der Waals surface area contributed by atoms with Gasteiger partial charge in [0.25, 0.3) is 0 Å². The van der Waals surface area contributed by atoms with E-state index in [0.29, 0.717) is 5.95 Å². The molecule has 5 nitrogen and oxygen atoms in total. The number of halogens is 2. The lowest BCUT2D eigenvalue weighted by Gasteiger charge is -1.93. The summed E-state index contributed by atoms with van der Waals surface area (Å²) in [5, 5.41) is 3.75. The van der Waals surface area contributed by atoms with E-state index in [9.17, 15) is 0 Å². The largest absolute Gasteiger partial charge is 0.293 e. The van der Waals surface area contributed by atoms with Crippen LogP contribution < -0.4 is 11.3 Å². The zero-order valence-electron chi connectivity index (χ0n) is 5.31. The number of anilines is 1. The maximum atomic E-state index is 5.02. The third-order valence-electron chi connectivity index (χ3n) is 0.840. The Labute approximate surface area is 70.8 Å². The fraction of sp³-hybridized carbons (Fsp3) is 0.333. The van der Waals surface area contributed by atoms with E-state index >= 15 is 0 Å². The van der Waals surface area contributed by atoms with Crippen LogP contribution in [0.5, 0.6) is 0 Å². The Bertz CT molecular complexity index is 175. The zero-order chi connectivity index (χ0) is 5.98. The average molecular weight is 186 g/mol. The van der Waals surface area contributed by atoms with E-state index in [2.05, 4.69) is 15.5 Å². The molecule has 0 saturated carbocycles. The van der Waals surface area contributed by atoms with E-state index in [1.54, 1.807) is 11.7 Å². The number of aromatic nitrogens is 3. The van der Waals surface area contributed by atoms with Gasteiger partial charge < -0.3 is 0 Å². The fourth-order valence-electron chi connectivity index (χ4n) is 0.427. The molecule has 0 atom stereocenters. The molecule has 1 heterocycles. The highest BCUT2D eigenvalue weighted by atomic mass is 35.5. The number of aryl methyl sites for hydroxylation is 1. The van der Waals surface area contributed by atoms with E-state index in [0.717, 1.165) is 0 Å². The van der Waals surface area contributed by atoms with Gasteiger partial charge in [0.1, 0.15) is 6.33 Å². The molecule has 0 fully saturated rings. The van der Waals surface area contributed by atoms with E-state index in [1.807, 2.05) is 0 Å². The molecule has 0 saturated heterocycles. The SMILES string of the molecule is Cl.Cl.Cn1ncnc1NN. The average Bonchev–Trinajstić information content (AvgIpc) is 2.14. The van der Waals surface area contributed by atoms with Gasteiger partial charge in [0.2, 0.25) is 5.95 Å². The van der Waals surface area contributed by atoms with Gasteiger partial charge in [-0.15, -0.1) is 24.8 Å². The van der Waals surface area contributed by atoms with Crippen molar-refractivity contribution >= 4 is 30.8 Å². The highest BCUT2D eigenvalue weighted by Crippen LogP contribution is 1.91. The molecule has 3 N–H and O–H groups in total. The molecule has 0 aliphatic rings. The normalized spacial score (nSPS) is 7.40. The Morgan fingerprint density at radius 2 is 2.20 bits per heavy atom. The predicted octanol–water partition coefficient (Wildman–Crippen LogP) is -0.0557. The summed E-state index contributed by atoms with van der Waals surface area (Å²) < 4.78 is 1.54. The van der Waals surface area contributed by atoms with Crippen molar-refractivity contribution in [2.24, 2.45) is 12.9 Å². The van der Waals surface area contributed by atoms with Crippen molar-refractivity contribution in [1.82, 2.24) is 14.8 Å². The van der Waals surface area contributed by atoms with E-state index in [4.69, 9.17) is 5.84 Å². The molecular formula is C3H9Cl2N5. The summed E-state index contributed by atoms with van der Waals surface area (Å²) in [5.74, 6) is 5.58. The van der Waals surface area contributed by atoms with E-state index < -0.39 is 0 Å². The number of hydrogen-bond donors (Lipinski definition) is 2. The van der Waals surface area contributed by atoms with Gasteiger partial charge in [-0.1, -0.05) is 0 Å². The van der Waals surface area contributed by atoms with Crippen molar-refractivity contribution in [1.29, 1.82) is 0 Å². The monoisotopic (exact) mass is 185 g/mol. The van der Waals surface area contributed by atoms with Crippen molar-refractivity contribution in [3.05, 3.63) is 6.33 Å². The van der Waals surface area contributed by atoms with Crippen molar-refractivity contribution in [3.8, 4) is 0 Å². The molecule has 1 aromatic heterocycles. The molecule has 0 aromatic carbocycles. The van der Waals surface area contributed by atoms with Crippen molar-refractivity contribution in [2.45, 2.75) is 0 Å². The number of nitrogen functional groups attached to an aromatic ring is 1. The molecule has 1 aromatic rings. The van der Waals surface area contributed by atoms with Gasteiger partial charge in [0.15, 0.2) is 0 Å². The smallest absolute Gasteiger partial charge is 0.235 e.